The van der Waals surface area contributed by atoms with E-state index in [-0.39, 0.29) is 17.1 Å². The van der Waals surface area contributed by atoms with Crippen LogP contribution in [0.25, 0.3) is 0 Å². The molecule has 1 aliphatic carbocycles. The molecule has 6 heteroatoms. The normalized spacial score (nSPS) is 20.4. The number of hydrogen-bond donors (Lipinski definition) is 2. The van der Waals surface area contributed by atoms with Gasteiger partial charge in [0.1, 0.15) is 18.8 Å². The number of carbonyl (C=O) groups excluding carboxylic acids is 2. The number of ether oxygens (including phenoxy) is 1. The Balaban J connectivity index is 1.57. The molecule has 1 aromatic heterocycles. The van der Waals surface area contributed by atoms with Gasteiger partial charge in [-0.1, -0.05) is 13.8 Å². The van der Waals surface area contributed by atoms with Crippen LogP contribution in [0.4, 0.5) is 0 Å². The third-order valence-electron chi connectivity index (χ3n) is 5.18. The Labute approximate surface area is 148 Å². The van der Waals surface area contributed by atoms with Crippen LogP contribution in [0.2, 0.25) is 0 Å². The minimum Gasteiger partial charge on any atom is -0.455 e. The maximum absolute atomic E-state index is 12.5. The second-order valence-corrected chi connectivity index (χ2v) is 8.02. The number of hydrogen-bond acceptors (Lipinski definition) is 4. The Hall–Kier alpha value is -1.66. The Kier molecular flexibility index (Phi) is 5.29. The van der Waals surface area contributed by atoms with E-state index in [4.69, 9.17) is 9.15 Å². The zero-order valence-corrected chi connectivity index (χ0v) is 15.5. The second kappa shape index (κ2) is 7.30. The molecule has 1 saturated heterocycles. The monoisotopic (exact) mass is 349 g/mol. The molecule has 2 heterocycles. The minimum atomic E-state index is -0.213. The first-order valence-electron chi connectivity index (χ1n) is 9.22. The summed E-state index contributed by atoms with van der Waals surface area (Å²) in [5.74, 6) is 0.841. The zero-order chi connectivity index (χ0) is 18.0. The van der Waals surface area contributed by atoms with E-state index in [1.54, 1.807) is 0 Å². The topological polar surface area (TPSA) is 73.0 Å². The van der Waals surface area contributed by atoms with Crippen molar-refractivity contribution in [1.29, 1.82) is 0 Å². The highest BCUT2D eigenvalue weighted by atomic mass is 16.5. The summed E-state index contributed by atoms with van der Waals surface area (Å²) < 4.78 is 11.1. The van der Waals surface area contributed by atoms with Crippen molar-refractivity contribution in [3.05, 3.63) is 22.6 Å². The molecule has 6 nitrogen and oxygen atoms in total. The number of ketones is 1. The average molecular weight is 349 g/mol. The summed E-state index contributed by atoms with van der Waals surface area (Å²) in [5.41, 5.74) is 1.21. The van der Waals surface area contributed by atoms with Crippen LogP contribution in [0.5, 0.6) is 0 Å². The first kappa shape index (κ1) is 18.1. The van der Waals surface area contributed by atoms with E-state index in [1.165, 1.54) is 4.90 Å². The summed E-state index contributed by atoms with van der Waals surface area (Å²) in [7, 11) is 0. The molecule has 1 aliphatic heterocycles. The van der Waals surface area contributed by atoms with Gasteiger partial charge in [-0.3, -0.25) is 9.59 Å². The van der Waals surface area contributed by atoms with Crippen molar-refractivity contribution in [1.82, 2.24) is 5.32 Å². The lowest BCUT2D eigenvalue weighted by Gasteiger charge is -2.27. The maximum Gasteiger partial charge on any atom is 0.287 e. The fourth-order valence-corrected chi connectivity index (χ4v) is 3.83. The predicted octanol–water partition coefficient (Wildman–Crippen LogP) is 0.778. The highest BCUT2D eigenvalue weighted by molar-refractivity contribution is 6.03. The Morgan fingerprint density at radius 2 is 1.96 bits per heavy atom. The molecular formula is C19H29N2O4+. The van der Waals surface area contributed by atoms with Crippen LogP contribution in [0.3, 0.4) is 0 Å². The molecule has 0 unspecified atom stereocenters. The van der Waals surface area contributed by atoms with Gasteiger partial charge in [0.15, 0.2) is 11.5 Å². The molecule has 138 valence electrons. The number of quaternary nitrogens is 1. The van der Waals surface area contributed by atoms with Gasteiger partial charge in [0, 0.05) is 31.4 Å². The summed E-state index contributed by atoms with van der Waals surface area (Å²) in [5, 5.41) is 2.94. The lowest BCUT2D eigenvalue weighted by atomic mass is 9.76. The maximum atomic E-state index is 12.5. The van der Waals surface area contributed by atoms with E-state index in [0.29, 0.717) is 42.0 Å². The molecule has 0 spiro atoms. The van der Waals surface area contributed by atoms with Gasteiger partial charge in [0.25, 0.3) is 5.91 Å². The van der Waals surface area contributed by atoms with Crippen molar-refractivity contribution in [3.8, 4) is 0 Å². The SMILES string of the molecule is Cc1c(C(=O)NCCC[NH+]2CCOCC2)oc2c1C(=O)CC(C)(C)C2. The summed E-state index contributed by atoms with van der Waals surface area (Å²) in [4.78, 5) is 26.4. The van der Waals surface area contributed by atoms with E-state index in [2.05, 4.69) is 19.2 Å². The highest BCUT2D eigenvalue weighted by Crippen LogP contribution is 2.38. The predicted molar refractivity (Wildman–Crippen MR) is 93.2 cm³/mol. The number of Topliss-reactive ketones (excluding diaryl/α,β-unsaturated/α-hetero) is 1. The summed E-state index contributed by atoms with van der Waals surface area (Å²) in [6, 6.07) is 0. The van der Waals surface area contributed by atoms with E-state index < -0.39 is 0 Å². The summed E-state index contributed by atoms with van der Waals surface area (Å²) >= 11 is 0. The molecule has 0 atom stereocenters. The fourth-order valence-electron chi connectivity index (χ4n) is 3.83. The number of rotatable bonds is 5. The van der Waals surface area contributed by atoms with Crippen LogP contribution in [-0.4, -0.2) is 51.1 Å². The van der Waals surface area contributed by atoms with Crippen LogP contribution in [0.1, 0.15) is 58.9 Å². The third kappa shape index (κ3) is 4.12. The van der Waals surface area contributed by atoms with Crippen molar-refractivity contribution < 1.29 is 23.6 Å². The highest BCUT2D eigenvalue weighted by Gasteiger charge is 2.36. The molecule has 2 aliphatic rings. The van der Waals surface area contributed by atoms with Crippen LogP contribution < -0.4 is 10.2 Å². The quantitative estimate of drug-likeness (QED) is 0.771. The number of furan rings is 1. The van der Waals surface area contributed by atoms with Crippen LogP contribution >= 0.6 is 0 Å². The van der Waals surface area contributed by atoms with Gasteiger partial charge in [0.2, 0.25) is 0 Å². The van der Waals surface area contributed by atoms with E-state index in [1.807, 2.05) is 6.92 Å². The largest absolute Gasteiger partial charge is 0.455 e. The molecule has 0 saturated carbocycles. The molecule has 0 radical (unpaired) electrons. The number of morpholine rings is 1. The number of fused-ring (bicyclic) bond motifs is 1. The van der Waals surface area contributed by atoms with Crippen LogP contribution in [0.15, 0.2) is 4.42 Å². The minimum absolute atomic E-state index is 0.0856. The van der Waals surface area contributed by atoms with Gasteiger partial charge >= 0.3 is 0 Å². The van der Waals surface area contributed by atoms with Crippen molar-refractivity contribution >= 4 is 11.7 Å². The zero-order valence-electron chi connectivity index (χ0n) is 15.5. The lowest BCUT2D eigenvalue weighted by molar-refractivity contribution is -0.908. The molecule has 1 amide bonds. The third-order valence-corrected chi connectivity index (χ3v) is 5.18. The molecule has 2 N–H and O–H groups in total. The Bertz CT molecular complexity index is 657. The van der Waals surface area contributed by atoms with Crippen molar-refractivity contribution in [2.24, 2.45) is 5.41 Å². The van der Waals surface area contributed by atoms with Gasteiger partial charge in [0.05, 0.1) is 25.3 Å². The van der Waals surface area contributed by atoms with Gasteiger partial charge in [-0.15, -0.1) is 0 Å². The molecule has 0 bridgehead atoms. The Morgan fingerprint density at radius 1 is 1.24 bits per heavy atom. The number of amides is 1. The van der Waals surface area contributed by atoms with E-state index in [0.717, 1.165) is 39.3 Å². The van der Waals surface area contributed by atoms with Crippen molar-refractivity contribution in [2.45, 2.75) is 40.0 Å². The Morgan fingerprint density at radius 3 is 2.68 bits per heavy atom. The lowest BCUT2D eigenvalue weighted by Crippen LogP contribution is -3.14. The second-order valence-electron chi connectivity index (χ2n) is 8.02. The average Bonchev–Trinajstić information content (AvgIpc) is 2.88. The van der Waals surface area contributed by atoms with Crippen molar-refractivity contribution in [3.63, 3.8) is 0 Å². The van der Waals surface area contributed by atoms with Gasteiger partial charge in [-0.05, 0) is 12.3 Å². The fraction of sp³-hybridized carbons (Fsp3) is 0.684. The molecule has 0 aromatic carbocycles. The molecule has 3 rings (SSSR count). The summed E-state index contributed by atoms with van der Waals surface area (Å²) in [6.07, 6.45) is 2.12. The smallest absolute Gasteiger partial charge is 0.287 e. The molecule has 1 fully saturated rings. The number of carbonyl (C=O) groups is 2. The first-order valence-corrected chi connectivity index (χ1v) is 9.22. The number of nitrogens with one attached hydrogen (secondary N) is 2. The van der Waals surface area contributed by atoms with Gasteiger partial charge in [-0.2, -0.15) is 0 Å². The van der Waals surface area contributed by atoms with Crippen LogP contribution in [0, 0.1) is 12.3 Å². The summed E-state index contributed by atoms with van der Waals surface area (Å²) in [6.45, 7) is 11.3. The van der Waals surface area contributed by atoms with Gasteiger partial charge in [-0.25, -0.2) is 0 Å². The standard InChI is InChI=1S/C19H28N2O4/c1-13-16-14(22)11-19(2,3)12-15(16)25-17(13)18(23)20-5-4-6-21-7-9-24-10-8-21/h4-12H2,1-3H3,(H,20,23)/p+1. The van der Waals surface area contributed by atoms with E-state index in [9.17, 15) is 9.59 Å². The van der Waals surface area contributed by atoms with E-state index >= 15 is 0 Å². The van der Waals surface area contributed by atoms with Crippen molar-refractivity contribution in [2.75, 3.05) is 39.4 Å². The molecule has 25 heavy (non-hydrogen) atoms. The molecule has 1 aromatic rings. The van der Waals surface area contributed by atoms with Gasteiger partial charge < -0.3 is 19.4 Å². The van der Waals surface area contributed by atoms with Crippen LogP contribution in [-0.2, 0) is 11.2 Å². The molecular weight excluding hydrogens is 320 g/mol. The first-order chi connectivity index (χ1) is 11.9.